The van der Waals surface area contributed by atoms with E-state index in [9.17, 15) is 9.59 Å². The molecule has 2 N–H and O–H groups in total. The lowest BCUT2D eigenvalue weighted by Crippen LogP contribution is -2.28. The summed E-state index contributed by atoms with van der Waals surface area (Å²) in [5.41, 5.74) is 2.32. The van der Waals surface area contributed by atoms with Crippen molar-refractivity contribution >= 4 is 51.7 Å². The number of rotatable bonds is 5. The molecule has 1 aliphatic rings. The van der Waals surface area contributed by atoms with Gasteiger partial charge in [-0.25, -0.2) is 0 Å². The fourth-order valence-electron chi connectivity index (χ4n) is 2.36. The maximum Gasteiger partial charge on any atom is 0.240 e. The smallest absolute Gasteiger partial charge is 0.240 e. The lowest BCUT2D eigenvalue weighted by Gasteiger charge is -2.07. The second-order valence-electron chi connectivity index (χ2n) is 5.81. The largest absolute Gasteiger partial charge is 0.326 e. The number of carbonyl (C=O) groups excluding carboxylic acids is 2. The lowest BCUT2D eigenvalue weighted by atomic mass is 10.1. The molecule has 0 spiro atoms. The van der Waals surface area contributed by atoms with E-state index < -0.39 is 5.25 Å². The van der Waals surface area contributed by atoms with Gasteiger partial charge in [0.25, 0.3) is 0 Å². The van der Waals surface area contributed by atoms with Gasteiger partial charge in [-0.1, -0.05) is 53.7 Å². The molecule has 2 amide bonds. The molecule has 0 bridgehead atoms. The van der Waals surface area contributed by atoms with E-state index >= 15 is 0 Å². The SMILES string of the molecule is CC(=NN=C1NC(=O)C(CC(=O)Nc2ccc(Cl)cc2)S1)c1ccccc1. The van der Waals surface area contributed by atoms with Gasteiger partial charge in [-0.3, -0.25) is 9.59 Å². The summed E-state index contributed by atoms with van der Waals surface area (Å²) in [6.45, 7) is 1.85. The van der Waals surface area contributed by atoms with Crippen LogP contribution in [-0.4, -0.2) is 27.9 Å². The molecule has 1 heterocycles. The number of anilines is 1. The van der Waals surface area contributed by atoms with Crippen LogP contribution in [0.15, 0.2) is 64.8 Å². The number of hydrogen-bond donors (Lipinski definition) is 2. The van der Waals surface area contributed by atoms with Gasteiger partial charge in [0.05, 0.1) is 5.71 Å². The van der Waals surface area contributed by atoms with E-state index in [0.717, 1.165) is 11.3 Å². The normalized spacial score (nSPS) is 18.4. The Balaban J connectivity index is 1.58. The first-order chi connectivity index (χ1) is 13.0. The number of nitrogens with one attached hydrogen (secondary N) is 2. The lowest BCUT2D eigenvalue weighted by molar-refractivity contribution is -0.122. The van der Waals surface area contributed by atoms with E-state index in [1.165, 1.54) is 11.8 Å². The number of benzene rings is 2. The topological polar surface area (TPSA) is 82.9 Å². The second kappa shape index (κ2) is 8.83. The van der Waals surface area contributed by atoms with Gasteiger partial charge in [0.2, 0.25) is 11.8 Å². The second-order valence-corrected chi connectivity index (χ2v) is 7.44. The van der Waals surface area contributed by atoms with Gasteiger partial charge in [-0.05, 0) is 36.8 Å². The molecule has 8 heteroatoms. The maximum atomic E-state index is 12.2. The minimum absolute atomic E-state index is 0.0412. The molecule has 0 radical (unpaired) electrons. The number of halogens is 1. The predicted molar refractivity (Wildman–Crippen MR) is 110 cm³/mol. The molecule has 1 fully saturated rings. The van der Waals surface area contributed by atoms with Crippen LogP contribution in [0.1, 0.15) is 18.9 Å². The fraction of sp³-hybridized carbons (Fsp3) is 0.158. The molecule has 1 atom stereocenters. The van der Waals surface area contributed by atoms with Crippen molar-refractivity contribution in [1.82, 2.24) is 5.32 Å². The zero-order chi connectivity index (χ0) is 19.2. The summed E-state index contributed by atoms with van der Waals surface area (Å²) < 4.78 is 0. The van der Waals surface area contributed by atoms with Gasteiger partial charge in [0.15, 0.2) is 5.17 Å². The molecule has 2 aromatic rings. The quantitative estimate of drug-likeness (QED) is 0.593. The highest BCUT2D eigenvalue weighted by Gasteiger charge is 2.32. The first-order valence-electron chi connectivity index (χ1n) is 8.22. The zero-order valence-corrected chi connectivity index (χ0v) is 16.1. The zero-order valence-electron chi connectivity index (χ0n) is 14.5. The molecule has 1 saturated heterocycles. The number of carbonyl (C=O) groups is 2. The standard InChI is InChI=1S/C19H17ClN4O2S/c1-12(13-5-3-2-4-6-13)23-24-19-22-18(26)16(27-19)11-17(25)21-15-9-7-14(20)8-10-15/h2-10,16H,11H2,1H3,(H,21,25)(H,22,24,26). The Morgan fingerprint density at radius 1 is 1.19 bits per heavy atom. The first-order valence-corrected chi connectivity index (χ1v) is 9.47. The van der Waals surface area contributed by atoms with Crippen LogP contribution in [-0.2, 0) is 9.59 Å². The molecule has 1 unspecified atom stereocenters. The Labute approximate surface area is 166 Å². The first kappa shape index (κ1) is 19.1. The van der Waals surface area contributed by atoms with E-state index in [4.69, 9.17) is 11.6 Å². The molecule has 27 heavy (non-hydrogen) atoms. The van der Waals surface area contributed by atoms with Crippen LogP contribution in [0.4, 0.5) is 5.69 Å². The summed E-state index contributed by atoms with van der Waals surface area (Å²) in [4.78, 5) is 24.2. The van der Waals surface area contributed by atoms with Crippen LogP contribution >= 0.6 is 23.4 Å². The third-order valence-corrected chi connectivity index (χ3v) is 5.08. The Morgan fingerprint density at radius 2 is 1.89 bits per heavy atom. The van der Waals surface area contributed by atoms with Crippen molar-refractivity contribution in [2.45, 2.75) is 18.6 Å². The van der Waals surface area contributed by atoms with Crippen LogP contribution < -0.4 is 10.6 Å². The number of amides is 2. The number of amidine groups is 1. The average molecular weight is 401 g/mol. The molecule has 0 saturated carbocycles. The van der Waals surface area contributed by atoms with Crippen molar-refractivity contribution in [1.29, 1.82) is 0 Å². The highest BCUT2D eigenvalue weighted by molar-refractivity contribution is 8.15. The maximum absolute atomic E-state index is 12.2. The van der Waals surface area contributed by atoms with Gasteiger partial charge in [0.1, 0.15) is 5.25 Å². The minimum atomic E-state index is -0.539. The van der Waals surface area contributed by atoms with Crippen molar-refractivity contribution in [2.24, 2.45) is 10.2 Å². The van der Waals surface area contributed by atoms with Crippen molar-refractivity contribution in [3.63, 3.8) is 0 Å². The van der Waals surface area contributed by atoms with Crippen molar-refractivity contribution in [3.8, 4) is 0 Å². The molecular weight excluding hydrogens is 384 g/mol. The third kappa shape index (κ3) is 5.42. The number of hydrogen-bond acceptors (Lipinski definition) is 5. The van der Waals surface area contributed by atoms with E-state index in [2.05, 4.69) is 20.8 Å². The van der Waals surface area contributed by atoms with E-state index in [1.807, 2.05) is 37.3 Å². The van der Waals surface area contributed by atoms with Gasteiger partial charge in [0, 0.05) is 17.1 Å². The third-order valence-electron chi connectivity index (χ3n) is 3.76. The summed E-state index contributed by atoms with van der Waals surface area (Å²) in [7, 11) is 0. The predicted octanol–water partition coefficient (Wildman–Crippen LogP) is 3.68. The van der Waals surface area contributed by atoms with E-state index in [-0.39, 0.29) is 18.2 Å². The van der Waals surface area contributed by atoms with E-state index in [1.54, 1.807) is 24.3 Å². The molecule has 0 aliphatic carbocycles. The summed E-state index contributed by atoms with van der Waals surface area (Å²) in [6, 6.07) is 16.4. The monoisotopic (exact) mass is 400 g/mol. The van der Waals surface area contributed by atoms with Gasteiger partial charge in [-0.2, -0.15) is 5.10 Å². The van der Waals surface area contributed by atoms with Crippen LogP contribution in [0.5, 0.6) is 0 Å². The fourth-order valence-corrected chi connectivity index (χ4v) is 3.40. The highest BCUT2D eigenvalue weighted by atomic mass is 35.5. The molecular formula is C19H17ClN4O2S. The summed E-state index contributed by atoms with van der Waals surface area (Å²) in [6.07, 6.45) is 0.0412. The Hall–Kier alpha value is -2.64. The summed E-state index contributed by atoms with van der Waals surface area (Å²) >= 11 is 7.02. The molecule has 6 nitrogen and oxygen atoms in total. The number of thioether (sulfide) groups is 1. The van der Waals surface area contributed by atoms with Crippen molar-refractivity contribution < 1.29 is 9.59 Å². The minimum Gasteiger partial charge on any atom is -0.326 e. The average Bonchev–Trinajstić information content (AvgIpc) is 3.01. The molecule has 3 rings (SSSR count). The van der Waals surface area contributed by atoms with Crippen LogP contribution in [0, 0.1) is 0 Å². The summed E-state index contributed by atoms with van der Waals surface area (Å²) in [5.74, 6) is -0.507. The molecule has 2 aromatic carbocycles. The van der Waals surface area contributed by atoms with E-state index in [0.29, 0.717) is 15.9 Å². The van der Waals surface area contributed by atoms with Crippen LogP contribution in [0.3, 0.4) is 0 Å². The van der Waals surface area contributed by atoms with Crippen LogP contribution in [0.25, 0.3) is 0 Å². The van der Waals surface area contributed by atoms with Crippen molar-refractivity contribution in [3.05, 3.63) is 65.2 Å². The van der Waals surface area contributed by atoms with Gasteiger partial charge in [-0.15, -0.1) is 5.10 Å². The Morgan fingerprint density at radius 3 is 2.59 bits per heavy atom. The highest BCUT2D eigenvalue weighted by Crippen LogP contribution is 2.23. The molecule has 138 valence electrons. The van der Waals surface area contributed by atoms with Gasteiger partial charge < -0.3 is 10.6 Å². The molecule has 1 aliphatic heterocycles. The Bertz CT molecular complexity index is 898. The van der Waals surface area contributed by atoms with Crippen LogP contribution in [0.2, 0.25) is 5.02 Å². The Kier molecular flexibility index (Phi) is 6.26. The number of nitrogens with zero attached hydrogens (tertiary/aromatic N) is 2. The van der Waals surface area contributed by atoms with Crippen molar-refractivity contribution in [2.75, 3.05) is 5.32 Å². The molecule has 0 aromatic heterocycles. The van der Waals surface area contributed by atoms with Gasteiger partial charge >= 0.3 is 0 Å². The summed E-state index contributed by atoms with van der Waals surface area (Å²) in [5, 5.41) is 14.1.